The third-order valence-electron chi connectivity index (χ3n) is 2.36. The second kappa shape index (κ2) is 7.50. The van der Waals surface area contributed by atoms with Crippen LogP contribution in [0.3, 0.4) is 0 Å². The molecule has 0 heterocycles. The van der Waals surface area contributed by atoms with Crippen LogP contribution in [0.25, 0.3) is 0 Å². The van der Waals surface area contributed by atoms with E-state index in [0.717, 1.165) is 17.9 Å². The van der Waals surface area contributed by atoms with Crippen LogP contribution >= 0.6 is 11.8 Å². The molecule has 1 aromatic rings. The van der Waals surface area contributed by atoms with Crippen LogP contribution in [0, 0.1) is 0 Å². The molecule has 17 heavy (non-hydrogen) atoms. The molecule has 96 valence electrons. The van der Waals surface area contributed by atoms with Gasteiger partial charge in [-0.15, -0.1) is 0 Å². The Balaban J connectivity index is 2.48. The monoisotopic (exact) mass is 261 g/mol. The molecule has 0 radical (unpaired) electrons. The molecule has 1 unspecified atom stereocenters. The van der Waals surface area contributed by atoms with Gasteiger partial charge in [-0.2, -0.15) is 20.5 Å². The number of halogens is 2. The summed E-state index contributed by atoms with van der Waals surface area (Å²) in [4.78, 5) is 0. The van der Waals surface area contributed by atoms with E-state index in [1.807, 2.05) is 6.92 Å². The fourth-order valence-corrected chi connectivity index (χ4v) is 1.76. The van der Waals surface area contributed by atoms with Crippen LogP contribution in [0.15, 0.2) is 24.3 Å². The van der Waals surface area contributed by atoms with Crippen molar-refractivity contribution in [2.24, 2.45) is 0 Å². The van der Waals surface area contributed by atoms with Crippen molar-refractivity contribution in [1.29, 1.82) is 0 Å². The molecule has 0 bridgehead atoms. The van der Waals surface area contributed by atoms with Crippen LogP contribution in [0.1, 0.15) is 18.5 Å². The smallest absolute Gasteiger partial charge is 0.387 e. The molecule has 0 fully saturated rings. The zero-order chi connectivity index (χ0) is 12.7. The maximum absolute atomic E-state index is 11.9. The van der Waals surface area contributed by atoms with Crippen molar-refractivity contribution in [3.05, 3.63) is 29.8 Å². The molecule has 0 aliphatic heterocycles. The predicted octanol–water partition coefficient (Wildman–Crippen LogP) is 3.30. The van der Waals surface area contributed by atoms with Crippen molar-refractivity contribution in [3.8, 4) is 5.75 Å². The topological polar surface area (TPSA) is 21.3 Å². The molecular formula is C12H17F2NOS. The number of nitrogens with one attached hydrogen (secondary N) is 1. The van der Waals surface area contributed by atoms with Crippen molar-refractivity contribution in [1.82, 2.24) is 5.32 Å². The summed E-state index contributed by atoms with van der Waals surface area (Å²) in [5, 5.41) is 3.35. The molecule has 1 N–H and O–H groups in total. The van der Waals surface area contributed by atoms with Crippen molar-refractivity contribution >= 4 is 11.8 Å². The summed E-state index contributed by atoms with van der Waals surface area (Å²) in [6, 6.07) is 6.94. The molecule has 1 aromatic carbocycles. The minimum Gasteiger partial charge on any atom is -0.435 e. The molecule has 0 aliphatic carbocycles. The zero-order valence-electron chi connectivity index (χ0n) is 9.95. The first-order chi connectivity index (χ1) is 8.13. The molecule has 2 nitrogen and oxygen atoms in total. The van der Waals surface area contributed by atoms with Gasteiger partial charge in [0.1, 0.15) is 5.75 Å². The van der Waals surface area contributed by atoms with Gasteiger partial charge in [-0.25, -0.2) is 0 Å². The number of thioether (sulfide) groups is 1. The SMILES string of the molecule is CSCCNC(C)c1ccc(OC(F)F)cc1. The first kappa shape index (κ1) is 14.3. The predicted molar refractivity (Wildman–Crippen MR) is 67.9 cm³/mol. The third kappa shape index (κ3) is 5.37. The van der Waals surface area contributed by atoms with Crippen molar-refractivity contribution in [2.45, 2.75) is 19.6 Å². The fourth-order valence-electron chi connectivity index (χ4n) is 1.43. The normalized spacial score (nSPS) is 12.8. The largest absolute Gasteiger partial charge is 0.435 e. The Morgan fingerprint density at radius 3 is 2.47 bits per heavy atom. The second-order valence-corrected chi connectivity index (χ2v) is 4.60. The minimum absolute atomic E-state index is 0.195. The average Bonchev–Trinajstić information content (AvgIpc) is 2.29. The molecule has 1 rings (SSSR count). The van der Waals surface area contributed by atoms with Crippen molar-refractivity contribution in [3.63, 3.8) is 0 Å². The number of hydrogen-bond acceptors (Lipinski definition) is 3. The molecule has 0 saturated carbocycles. The number of alkyl halides is 2. The highest BCUT2D eigenvalue weighted by molar-refractivity contribution is 7.98. The van der Waals surface area contributed by atoms with E-state index in [4.69, 9.17) is 0 Å². The Morgan fingerprint density at radius 1 is 1.29 bits per heavy atom. The number of ether oxygens (including phenoxy) is 1. The van der Waals surface area contributed by atoms with Crippen molar-refractivity contribution < 1.29 is 13.5 Å². The van der Waals surface area contributed by atoms with Gasteiger partial charge in [-0.05, 0) is 30.9 Å². The lowest BCUT2D eigenvalue weighted by Crippen LogP contribution is -2.21. The summed E-state index contributed by atoms with van der Waals surface area (Å²) in [6.07, 6.45) is 2.06. The minimum atomic E-state index is -2.77. The van der Waals surface area contributed by atoms with Crippen LogP contribution < -0.4 is 10.1 Å². The second-order valence-electron chi connectivity index (χ2n) is 3.62. The highest BCUT2D eigenvalue weighted by Crippen LogP contribution is 2.18. The lowest BCUT2D eigenvalue weighted by molar-refractivity contribution is -0.0498. The molecule has 0 amide bonds. The maximum atomic E-state index is 11.9. The quantitative estimate of drug-likeness (QED) is 0.761. The molecule has 0 saturated heterocycles. The Bertz CT molecular complexity index is 319. The number of rotatable bonds is 7. The van der Waals surface area contributed by atoms with E-state index in [1.54, 1.807) is 36.0 Å². The van der Waals surface area contributed by atoms with E-state index in [1.165, 1.54) is 0 Å². The van der Waals surface area contributed by atoms with Gasteiger partial charge in [0.25, 0.3) is 0 Å². The summed E-state index contributed by atoms with van der Waals surface area (Å²) in [5.74, 6) is 1.25. The first-order valence-corrected chi connectivity index (χ1v) is 6.80. The molecule has 0 aromatic heterocycles. The molecule has 1 atom stereocenters. The summed E-state index contributed by atoms with van der Waals surface area (Å²) in [7, 11) is 0. The molecular weight excluding hydrogens is 244 g/mol. The third-order valence-corrected chi connectivity index (χ3v) is 2.97. The van der Waals surface area contributed by atoms with Crippen LogP contribution in [0.2, 0.25) is 0 Å². The number of benzene rings is 1. The Hall–Kier alpha value is -0.810. The maximum Gasteiger partial charge on any atom is 0.387 e. The van der Waals surface area contributed by atoms with E-state index < -0.39 is 6.61 Å². The Morgan fingerprint density at radius 2 is 1.94 bits per heavy atom. The molecule has 0 aliphatic rings. The van der Waals surface area contributed by atoms with Crippen LogP contribution in [-0.2, 0) is 0 Å². The van der Waals surface area contributed by atoms with Gasteiger partial charge in [-0.3, -0.25) is 0 Å². The Labute approximate surface area is 105 Å². The zero-order valence-corrected chi connectivity index (χ0v) is 10.8. The van der Waals surface area contributed by atoms with E-state index in [0.29, 0.717) is 0 Å². The summed E-state index contributed by atoms with van der Waals surface area (Å²) in [5.41, 5.74) is 1.06. The van der Waals surface area contributed by atoms with Crippen molar-refractivity contribution in [2.75, 3.05) is 18.6 Å². The standard InChI is InChI=1S/C12H17F2NOS/c1-9(15-7-8-17-2)10-3-5-11(6-4-10)16-12(13)14/h3-6,9,12,15H,7-8H2,1-2H3. The highest BCUT2D eigenvalue weighted by atomic mass is 32.2. The molecule has 5 heteroatoms. The van der Waals surface area contributed by atoms with Gasteiger partial charge in [0.15, 0.2) is 0 Å². The Kier molecular flexibility index (Phi) is 6.29. The highest BCUT2D eigenvalue weighted by Gasteiger charge is 2.06. The van der Waals surface area contributed by atoms with Crippen LogP contribution in [0.5, 0.6) is 5.75 Å². The van der Waals surface area contributed by atoms with Gasteiger partial charge >= 0.3 is 6.61 Å². The van der Waals surface area contributed by atoms with E-state index in [-0.39, 0.29) is 11.8 Å². The number of hydrogen-bond donors (Lipinski definition) is 1. The van der Waals surface area contributed by atoms with Crippen LogP contribution in [0.4, 0.5) is 8.78 Å². The summed E-state index contributed by atoms with van der Waals surface area (Å²) < 4.78 is 28.2. The average molecular weight is 261 g/mol. The summed E-state index contributed by atoms with van der Waals surface area (Å²) >= 11 is 1.78. The fraction of sp³-hybridized carbons (Fsp3) is 0.500. The first-order valence-electron chi connectivity index (χ1n) is 5.40. The summed E-state index contributed by atoms with van der Waals surface area (Å²) in [6.45, 7) is 0.207. The van der Waals surface area contributed by atoms with E-state index in [2.05, 4.69) is 16.3 Å². The van der Waals surface area contributed by atoms with Crippen LogP contribution in [-0.4, -0.2) is 25.2 Å². The van der Waals surface area contributed by atoms with E-state index >= 15 is 0 Å². The van der Waals surface area contributed by atoms with Gasteiger partial charge in [0.2, 0.25) is 0 Å². The lowest BCUT2D eigenvalue weighted by atomic mass is 10.1. The lowest BCUT2D eigenvalue weighted by Gasteiger charge is -2.14. The van der Waals surface area contributed by atoms with Gasteiger partial charge in [-0.1, -0.05) is 12.1 Å². The van der Waals surface area contributed by atoms with E-state index in [9.17, 15) is 8.78 Å². The van der Waals surface area contributed by atoms with Gasteiger partial charge < -0.3 is 10.1 Å². The van der Waals surface area contributed by atoms with Gasteiger partial charge in [0.05, 0.1) is 0 Å². The van der Waals surface area contributed by atoms with Gasteiger partial charge in [0, 0.05) is 18.3 Å². The molecule has 0 spiro atoms.